The maximum atomic E-state index is 12.2. The highest BCUT2D eigenvalue weighted by Gasteiger charge is 2.21. The van der Waals surface area contributed by atoms with Crippen LogP contribution in [0.3, 0.4) is 0 Å². The van der Waals surface area contributed by atoms with E-state index in [0.717, 1.165) is 4.41 Å². The SMILES string of the molecule is CC1=NN(S(=O)(=O)c2ccccc2)C=CC=C1. The zero-order valence-corrected chi connectivity index (χ0v) is 10.1. The van der Waals surface area contributed by atoms with Crippen molar-refractivity contribution in [3.8, 4) is 0 Å². The molecule has 0 bridgehead atoms. The molecule has 4 nitrogen and oxygen atoms in total. The molecule has 17 heavy (non-hydrogen) atoms. The average molecular weight is 248 g/mol. The predicted octanol–water partition coefficient (Wildman–Crippen LogP) is 2.14. The highest BCUT2D eigenvalue weighted by molar-refractivity contribution is 7.89. The first kappa shape index (κ1) is 11.6. The number of hydrogen-bond donors (Lipinski definition) is 0. The molecular formula is C12H12N2O2S. The van der Waals surface area contributed by atoms with Crippen molar-refractivity contribution in [3.05, 3.63) is 54.8 Å². The molecule has 0 atom stereocenters. The molecule has 0 aliphatic carbocycles. The van der Waals surface area contributed by atoms with Crippen LogP contribution in [0, 0.1) is 0 Å². The number of nitrogens with zero attached hydrogens (tertiary/aromatic N) is 2. The van der Waals surface area contributed by atoms with Gasteiger partial charge in [0.2, 0.25) is 0 Å². The fourth-order valence-corrected chi connectivity index (χ4v) is 2.56. The molecule has 1 aliphatic rings. The first-order valence-corrected chi connectivity index (χ1v) is 6.54. The highest BCUT2D eigenvalue weighted by Crippen LogP contribution is 2.17. The van der Waals surface area contributed by atoms with E-state index in [4.69, 9.17) is 0 Å². The summed E-state index contributed by atoms with van der Waals surface area (Å²) in [6, 6.07) is 8.23. The summed E-state index contributed by atoms with van der Waals surface area (Å²) < 4.78 is 25.4. The minimum Gasteiger partial charge on any atom is -0.199 e. The Labute approximate surface area is 101 Å². The molecule has 0 N–H and O–H groups in total. The summed E-state index contributed by atoms with van der Waals surface area (Å²) in [5.74, 6) is 0. The third kappa shape index (κ3) is 2.45. The van der Waals surface area contributed by atoms with E-state index in [1.165, 1.54) is 6.20 Å². The van der Waals surface area contributed by atoms with Crippen molar-refractivity contribution in [3.63, 3.8) is 0 Å². The molecule has 1 aliphatic heterocycles. The van der Waals surface area contributed by atoms with Crippen LogP contribution in [0.4, 0.5) is 0 Å². The maximum Gasteiger partial charge on any atom is 0.282 e. The second-order valence-corrected chi connectivity index (χ2v) is 5.33. The van der Waals surface area contributed by atoms with Gasteiger partial charge in [0.25, 0.3) is 10.0 Å². The Morgan fingerprint density at radius 2 is 1.82 bits per heavy atom. The second kappa shape index (κ2) is 4.55. The van der Waals surface area contributed by atoms with Crippen LogP contribution in [0.15, 0.2) is 64.8 Å². The smallest absolute Gasteiger partial charge is 0.199 e. The fourth-order valence-electron chi connectivity index (χ4n) is 1.37. The largest absolute Gasteiger partial charge is 0.282 e. The van der Waals surface area contributed by atoms with E-state index in [0.29, 0.717) is 5.71 Å². The number of benzene rings is 1. The topological polar surface area (TPSA) is 49.7 Å². The van der Waals surface area contributed by atoms with Crippen LogP contribution in [0.1, 0.15) is 6.92 Å². The van der Waals surface area contributed by atoms with Crippen molar-refractivity contribution in [2.45, 2.75) is 11.8 Å². The Kier molecular flexibility index (Phi) is 3.10. The summed E-state index contributed by atoms with van der Waals surface area (Å²) in [5, 5.41) is 4.01. The van der Waals surface area contributed by atoms with Crippen LogP contribution >= 0.6 is 0 Å². The molecule has 1 aromatic rings. The molecule has 0 amide bonds. The van der Waals surface area contributed by atoms with E-state index in [-0.39, 0.29) is 4.90 Å². The zero-order chi connectivity index (χ0) is 12.3. The van der Waals surface area contributed by atoms with Crippen LogP contribution in [-0.4, -0.2) is 18.5 Å². The standard InChI is InChI=1S/C12H12N2O2S/c1-11-7-5-6-10-14(13-11)17(15,16)12-8-3-2-4-9-12/h2-10H,1H3. The minimum absolute atomic E-state index is 0.225. The summed E-state index contributed by atoms with van der Waals surface area (Å²) in [4.78, 5) is 0.225. The van der Waals surface area contributed by atoms with Crippen molar-refractivity contribution in [1.82, 2.24) is 4.41 Å². The van der Waals surface area contributed by atoms with Crippen molar-refractivity contribution in [2.75, 3.05) is 0 Å². The van der Waals surface area contributed by atoms with Gasteiger partial charge >= 0.3 is 0 Å². The van der Waals surface area contributed by atoms with E-state index >= 15 is 0 Å². The summed E-state index contributed by atoms with van der Waals surface area (Å²) in [6.07, 6.45) is 6.56. The monoisotopic (exact) mass is 248 g/mol. The summed E-state index contributed by atoms with van der Waals surface area (Å²) in [6.45, 7) is 1.75. The van der Waals surface area contributed by atoms with Gasteiger partial charge < -0.3 is 0 Å². The van der Waals surface area contributed by atoms with Gasteiger partial charge in [-0.15, -0.1) is 0 Å². The first-order valence-electron chi connectivity index (χ1n) is 5.10. The minimum atomic E-state index is -3.60. The van der Waals surface area contributed by atoms with Crippen LogP contribution in [0.25, 0.3) is 0 Å². The van der Waals surface area contributed by atoms with Gasteiger partial charge in [0.1, 0.15) is 0 Å². The Morgan fingerprint density at radius 3 is 2.53 bits per heavy atom. The summed E-state index contributed by atoms with van der Waals surface area (Å²) in [5.41, 5.74) is 0.634. The third-order valence-corrected chi connectivity index (χ3v) is 3.77. The molecule has 88 valence electrons. The predicted molar refractivity (Wildman–Crippen MR) is 66.9 cm³/mol. The fraction of sp³-hybridized carbons (Fsp3) is 0.0833. The molecule has 0 radical (unpaired) electrons. The number of allylic oxidation sites excluding steroid dienone is 3. The molecule has 2 rings (SSSR count). The molecule has 1 heterocycles. The Bertz CT molecular complexity index is 586. The van der Waals surface area contributed by atoms with Gasteiger partial charge in [-0.05, 0) is 31.2 Å². The van der Waals surface area contributed by atoms with Gasteiger partial charge in [-0.3, -0.25) is 0 Å². The van der Waals surface area contributed by atoms with Gasteiger partial charge in [-0.1, -0.05) is 24.3 Å². The molecule has 1 aromatic carbocycles. The number of rotatable bonds is 2. The van der Waals surface area contributed by atoms with Crippen LogP contribution in [0.2, 0.25) is 0 Å². The normalized spacial score (nSPS) is 15.6. The van der Waals surface area contributed by atoms with E-state index in [1.54, 1.807) is 55.5 Å². The van der Waals surface area contributed by atoms with E-state index in [1.807, 2.05) is 0 Å². The van der Waals surface area contributed by atoms with Gasteiger partial charge in [-0.2, -0.15) is 17.9 Å². The van der Waals surface area contributed by atoms with Crippen molar-refractivity contribution in [1.29, 1.82) is 0 Å². The highest BCUT2D eigenvalue weighted by atomic mass is 32.2. The average Bonchev–Trinajstić information content (AvgIpc) is 2.55. The Balaban J connectivity index is 2.44. The van der Waals surface area contributed by atoms with Gasteiger partial charge in [0, 0.05) is 6.20 Å². The first-order chi connectivity index (χ1) is 8.10. The quantitative estimate of drug-likeness (QED) is 0.805. The Morgan fingerprint density at radius 1 is 1.12 bits per heavy atom. The van der Waals surface area contributed by atoms with Crippen LogP contribution < -0.4 is 0 Å². The molecule has 0 saturated heterocycles. The second-order valence-electron chi connectivity index (χ2n) is 3.53. The maximum absolute atomic E-state index is 12.2. The number of sulfonamides is 1. The third-order valence-electron chi connectivity index (χ3n) is 2.21. The van der Waals surface area contributed by atoms with E-state index in [2.05, 4.69) is 5.10 Å². The number of hydrogen-bond acceptors (Lipinski definition) is 3. The molecule has 5 heteroatoms. The van der Waals surface area contributed by atoms with Crippen molar-refractivity contribution >= 4 is 15.7 Å². The molecule has 0 fully saturated rings. The van der Waals surface area contributed by atoms with Crippen molar-refractivity contribution in [2.24, 2.45) is 5.10 Å². The van der Waals surface area contributed by atoms with Gasteiger partial charge in [-0.25, -0.2) is 0 Å². The van der Waals surface area contributed by atoms with Gasteiger partial charge in [0.15, 0.2) is 0 Å². The molecule has 0 saturated carbocycles. The zero-order valence-electron chi connectivity index (χ0n) is 9.32. The van der Waals surface area contributed by atoms with Crippen LogP contribution in [-0.2, 0) is 10.0 Å². The lowest BCUT2D eigenvalue weighted by atomic mass is 10.4. The summed E-state index contributed by atoms with van der Waals surface area (Å²) >= 11 is 0. The number of hydrazone groups is 1. The van der Waals surface area contributed by atoms with Crippen molar-refractivity contribution < 1.29 is 8.42 Å². The van der Waals surface area contributed by atoms with Gasteiger partial charge in [0.05, 0.1) is 10.6 Å². The molecule has 0 aromatic heterocycles. The molecule has 0 unspecified atom stereocenters. The lowest BCUT2D eigenvalue weighted by Gasteiger charge is -2.14. The lowest BCUT2D eigenvalue weighted by Crippen LogP contribution is -2.21. The molecular weight excluding hydrogens is 236 g/mol. The Hall–Kier alpha value is -1.88. The summed E-state index contributed by atoms with van der Waals surface area (Å²) in [7, 11) is -3.60. The molecule has 0 spiro atoms. The van der Waals surface area contributed by atoms with Crippen LogP contribution in [0.5, 0.6) is 0 Å². The van der Waals surface area contributed by atoms with E-state index in [9.17, 15) is 8.42 Å². The lowest BCUT2D eigenvalue weighted by molar-refractivity contribution is 0.515. The van der Waals surface area contributed by atoms with E-state index < -0.39 is 10.0 Å².